The minimum Gasteiger partial charge on any atom is -0.330 e. The van der Waals surface area contributed by atoms with Crippen LogP contribution in [0.3, 0.4) is 0 Å². The van der Waals surface area contributed by atoms with Crippen LogP contribution >= 0.6 is 15.9 Å². The molecule has 0 aromatic heterocycles. The maximum absolute atomic E-state index is 6.01. The van der Waals surface area contributed by atoms with Crippen LogP contribution in [0.5, 0.6) is 0 Å². The number of hydrogen-bond donors (Lipinski definition) is 1. The highest BCUT2D eigenvalue weighted by molar-refractivity contribution is 9.10. The summed E-state index contributed by atoms with van der Waals surface area (Å²) in [6.45, 7) is 4.14. The van der Waals surface area contributed by atoms with Gasteiger partial charge in [0, 0.05) is 17.1 Å². The van der Waals surface area contributed by atoms with Crippen molar-refractivity contribution in [3.05, 3.63) is 34.3 Å². The molecular formula is C17H27BrN2. The number of halogens is 1. The molecule has 2 N–H and O–H groups in total. The van der Waals surface area contributed by atoms with Crippen LogP contribution in [-0.4, -0.2) is 24.5 Å². The van der Waals surface area contributed by atoms with Gasteiger partial charge < -0.3 is 5.73 Å². The zero-order valence-electron chi connectivity index (χ0n) is 12.7. The summed E-state index contributed by atoms with van der Waals surface area (Å²) in [5, 5.41) is 0. The highest BCUT2D eigenvalue weighted by Gasteiger charge is 2.31. The van der Waals surface area contributed by atoms with Gasteiger partial charge in [0.25, 0.3) is 0 Å². The number of benzene rings is 1. The van der Waals surface area contributed by atoms with E-state index in [1.165, 1.54) is 35.7 Å². The van der Waals surface area contributed by atoms with Crippen LogP contribution in [0.4, 0.5) is 0 Å². The summed E-state index contributed by atoms with van der Waals surface area (Å²) < 4.78 is 1.21. The molecule has 1 saturated carbocycles. The Hall–Kier alpha value is -0.380. The van der Waals surface area contributed by atoms with Crippen LogP contribution in [0.25, 0.3) is 0 Å². The standard InChI is InChI=1S/C17H27BrN2/c1-3-13-8-9-14(11-19)17(10-13)20(2)12-15-6-4-5-7-16(15)18/h4-7,13-14,17H,3,8-12,19H2,1-2H3. The lowest BCUT2D eigenvalue weighted by atomic mass is 9.76. The molecule has 3 heteroatoms. The summed E-state index contributed by atoms with van der Waals surface area (Å²) in [5.41, 5.74) is 7.37. The molecule has 0 aliphatic heterocycles. The van der Waals surface area contributed by atoms with E-state index in [-0.39, 0.29) is 0 Å². The molecule has 0 amide bonds. The van der Waals surface area contributed by atoms with Gasteiger partial charge in [-0.25, -0.2) is 0 Å². The fourth-order valence-corrected chi connectivity index (χ4v) is 3.90. The lowest BCUT2D eigenvalue weighted by molar-refractivity contribution is 0.0963. The Balaban J connectivity index is 2.05. The second-order valence-corrected chi connectivity index (χ2v) is 7.01. The predicted octanol–water partition coefficient (Wildman–Crippen LogP) is 4.03. The number of rotatable bonds is 5. The van der Waals surface area contributed by atoms with Crippen molar-refractivity contribution in [1.82, 2.24) is 4.90 Å². The highest BCUT2D eigenvalue weighted by Crippen LogP contribution is 2.34. The number of nitrogens with zero attached hydrogens (tertiary/aromatic N) is 1. The number of hydrogen-bond acceptors (Lipinski definition) is 2. The van der Waals surface area contributed by atoms with E-state index < -0.39 is 0 Å². The second-order valence-electron chi connectivity index (χ2n) is 6.16. The summed E-state index contributed by atoms with van der Waals surface area (Å²) in [6.07, 6.45) is 5.26. The number of nitrogens with two attached hydrogens (primary N) is 1. The molecule has 1 aromatic carbocycles. The van der Waals surface area contributed by atoms with Gasteiger partial charge in [-0.1, -0.05) is 53.9 Å². The highest BCUT2D eigenvalue weighted by atomic mass is 79.9. The Kier molecular flexibility index (Phi) is 6.06. The Morgan fingerprint density at radius 2 is 2.05 bits per heavy atom. The Bertz CT molecular complexity index is 421. The molecule has 0 heterocycles. The Morgan fingerprint density at radius 3 is 2.70 bits per heavy atom. The molecule has 1 aliphatic rings. The normalized spacial score (nSPS) is 26.9. The zero-order valence-corrected chi connectivity index (χ0v) is 14.3. The smallest absolute Gasteiger partial charge is 0.0244 e. The van der Waals surface area contributed by atoms with Crippen molar-refractivity contribution in [2.45, 2.75) is 45.2 Å². The van der Waals surface area contributed by atoms with E-state index in [1.807, 2.05) is 0 Å². The van der Waals surface area contributed by atoms with Crippen LogP contribution in [0, 0.1) is 11.8 Å². The molecule has 0 radical (unpaired) electrons. The van der Waals surface area contributed by atoms with Gasteiger partial charge in [0.1, 0.15) is 0 Å². The van der Waals surface area contributed by atoms with Crippen LogP contribution in [0.1, 0.15) is 38.2 Å². The first-order valence-corrected chi connectivity index (χ1v) is 8.58. The van der Waals surface area contributed by atoms with Gasteiger partial charge >= 0.3 is 0 Å². The minimum atomic E-state index is 0.630. The molecule has 0 saturated heterocycles. The summed E-state index contributed by atoms with van der Waals surface area (Å²) >= 11 is 3.66. The molecule has 3 atom stereocenters. The maximum atomic E-state index is 6.01. The van der Waals surface area contributed by atoms with E-state index in [4.69, 9.17) is 5.73 Å². The third-order valence-electron chi connectivity index (χ3n) is 4.89. The molecule has 3 unspecified atom stereocenters. The van der Waals surface area contributed by atoms with Crippen molar-refractivity contribution in [3.8, 4) is 0 Å². The van der Waals surface area contributed by atoms with E-state index in [9.17, 15) is 0 Å². The largest absolute Gasteiger partial charge is 0.330 e. The maximum Gasteiger partial charge on any atom is 0.0244 e. The van der Waals surface area contributed by atoms with Crippen molar-refractivity contribution in [2.75, 3.05) is 13.6 Å². The Labute approximate surface area is 131 Å². The zero-order chi connectivity index (χ0) is 14.5. The van der Waals surface area contributed by atoms with Crippen LogP contribution in [0.15, 0.2) is 28.7 Å². The third kappa shape index (κ3) is 3.84. The Morgan fingerprint density at radius 1 is 1.30 bits per heavy atom. The van der Waals surface area contributed by atoms with Crippen molar-refractivity contribution in [3.63, 3.8) is 0 Å². The average molecular weight is 339 g/mol. The summed E-state index contributed by atoms with van der Waals surface area (Å²) in [4.78, 5) is 2.51. The van der Waals surface area contributed by atoms with Crippen LogP contribution < -0.4 is 5.73 Å². The molecule has 1 fully saturated rings. The first kappa shape index (κ1) is 16.0. The van der Waals surface area contributed by atoms with Gasteiger partial charge in [0.15, 0.2) is 0 Å². The van der Waals surface area contributed by atoms with Crippen molar-refractivity contribution < 1.29 is 0 Å². The van der Waals surface area contributed by atoms with Crippen LogP contribution in [-0.2, 0) is 6.54 Å². The molecule has 0 spiro atoms. The van der Waals surface area contributed by atoms with Crippen molar-refractivity contribution in [2.24, 2.45) is 17.6 Å². The minimum absolute atomic E-state index is 0.630. The molecule has 112 valence electrons. The fourth-order valence-electron chi connectivity index (χ4n) is 3.49. The molecule has 2 rings (SSSR count). The summed E-state index contributed by atoms with van der Waals surface area (Å²) in [7, 11) is 2.25. The monoisotopic (exact) mass is 338 g/mol. The fraction of sp³-hybridized carbons (Fsp3) is 0.647. The van der Waals surface area contributed by atoms with Gasteiger partial charge in [-0.3, -0.25) is 4.90 Å². The van der Waals surface area contributed by atoms with Crippen molar-refractivity contribution >= 4 is 15.9 Å². The summed E-state index contributed by atoms with van der Waals surface area (Å²) in [5.74, 6) is 1.54. The summed E-state index contributed by atoms with van der Waals surface area (Å²) in [6, 6.07) is 9.15. The van der Waals surface area contributed by atoms with Gasteiger partial charge in [0.2, 0.25) is 0 Å². The molecular weight excluding hydrogens is 312 g/mol. The van der Waals surface area contributed by atoms with E-state index in [0.29, 0.717) is 12.0 Å². The predicted molar refractivity (Wildman–Crippen MR) is 89.6 cm³/mol. The van der Waals surface area contributed by atoms with E-state index in [1.54, 1.807) is 0 Å². The van der Waals surface area contributed by atoms with Gasteiger partial charge in [-0.15, -0.1) is 0 Å². The average Bonchev–Trinajstić information content (AvgIpc) is 2.48. The first-order valence-electron chi connectivity index (χ1n) is 7.79. The molecule has 0 bridgehead atoms. The third-order valence-corrected chi connectivity index (χ3v) is 5.66. The van der Waals surface area contributed by atoms with Gasteiger partial charge in [-0.05, 0) is 49.9 Å². The van der Waals surface area contributed by atoms with E-state index in [2.05, 4.69) is 59.1 Å². The first-order chi connectivity index (χ1) is 9.65. The topological polar surface area (TPSA) is 29.3 Å². The molecule has 1 aromatic rings. The lowest BCUT2D eigenvalue weighted by Gasteiger charge is -2.41. The van der Waals surface area contributed by atoms with E-state index >= 15 is 0 Å². The van der Waals surface area contributed by atoms with Gasteiger partial charge in [-0.2, -0.15) is 0 Å². The molecule has 1 aliphatic carbocycles. The van der Waals surface area contributed by atoms with Crippen LogP contribution in [0.2, 0.25) is 0 Å². The van der Waals surface area contributed by atoms with Gasteiger partial charge in [0.05, 0.1) is 0 Å². The quantitative estimate of drug-likeness (QED) is 0.877. The van der Waals surface area contributed by atoms with E-state index in [0.717, 1.165) is 19.0 Å². The molecule has 20 heavy (non-hydrogen) atoms. The van der Waals surface area contributed by atoms with Crippen molar-refractivity contribution in [1.29, 1.82) is 0 Å². The SMILES string of the molecule is CCC1CCC(CN)C(N(C)Cc2ccccc2Br)C1. The lowest BCUT2D eigenvalue weighted by Crippen LogP contribution is -2.44. The second kappa shape index (κ2) is 7.58. The molecule has 2 nitrogen and oxygen atoms in total.